The lowest BCUT2D eigenvalue weighted by molar-refractivity contribution is 0.451. The lowest BCUT2D eigenvalue weighted by atomic mass is 10.3. The van der Waals surface area contributed by atoms with E-state index in [2.05, 4.69) is 15.0 Å². The molecule has 3 heterocycles. The van der Waals surface area contributed by atoms with Crippen LogP contribution in [-0.2, 0) is 0 Å². The smallest absolute Gasteiger partial charge is 0.232 e. The Kier molecular flexibility index (Phi) is 2.35. The average Bonchev–Trinajstić information content (AvgIpc) is 2.81. The first-order valence-electron chi connectivity index (χ1n) is 5.28. The second-order valence-corrected chi connectivity index (χ2v) is 3.76. The number of hydrogen-bond acceptors (Lipinski definition) is 5. The summed E-state index contributed by atoms with van der Waals surface area (Å²) >= 11 is 0. The fourth-order valence-electron chi connectivity index (χ4n) is 1.70. The van der Waals surface area contributed by atoms with Crippen LogP contribution in [0.25, 0.3) is 17.2 Å². The minimum absolute atomic E-state index is 0.0243. The molecular weight excluding hydrogens is 249 g/mol. The Morgan fingerprint density at radius 1 is 1.26 bits per heavy atom. The number of aromatic nitrogens is 4. The molecule has 0 saturated heterocycles. The number of rotatable bonds is 1. The largest absolute Gasteiger partial charge is 0.492 e. The fraction of sp³-hybridized carbons (Fsp3) is 0. The van der Waals surface area contributed by atoms with Crippen LogP contribution < -0.4 is 0 Å². The van der Waals surface area contributed by atoms with Gasteiger partial charge in [-0.2, -0.15) is 10.2 Å². The van der Waals surface area contributed by atoms with Gasteiger partial charge in [0.2, 0.25) is 5.88 Å². The molecule has 0 aliphatic carbocycles. The summed E-state index contributed by atoms with van der Waals surface area (Å²) in [5.74, 6) is -0.682. The highest BCUT2D eigenvalue weighted by Crippen LogP contribution is 2.20. The van der Waals surface area contributed by atoms with Gasteiger partial charge < -0.3 is 5.11 Å². The summed E-state index contributed by atoms with van der Waals surface area (Å²) in [4.78, 5) is 11.8. The maximum atomic E-state index is 13.2. The molecule has 0 aliphatic heterocycles. The molecule has 0 fully saturated rings. The molecule has 0 bridgehead atoms. The maximum absolute atomic E-state index is 13.2. The van der Waals surface area contributed by atoms with Gasteiger partial charge in [-0.15, -0.1) is 0 Å². The highest BCUT2D eigenvalue weighted by atomic mass is 19.1. The van der Waals surface area contributed by atoms with E-state index in [4.69, 9.17) is 5.26 Å². The fourth-order valence-corrected chi connectivity index (χ4v) is 1.70. The Balaban J connectivity index is 2.22. The number of hydrogen-bond donors (Lipinski definition) is 1. The van der Waals surface area contributed by atoms with Crippen molar-refractivity contribution in [1.82, 2.24) is 19.4 Å². The van der Waals surface area contributed by atoms with E-state index in [0.717, 1.165) is 0 Å². The van der Waals surface area contributed by atoms with Crippen LogP contribution in [0.4, 0.5) is 4.39 Å². The summed E-state index contributed by atoms with van der Waals surface area (Å²) < 4.78 is 14.7. The monoisotopic (exact) mass is 255 g/mol. The van der Waals surface area contributed by atoms with Crippen molar-refractivity contribution in [2.75, 3.05) is 0 Å². The minimum atomic E-state index is -0.426. The molecule has 3 aromatic heterocycles. The van der Waals surface area contributed by atoms with Gasteiger partial charge >= 0.3 is 0 Å². The van der Waals surface area contributed by atoms with Gasteiger partial charge in [-0.25, -0.2) is 14.4 Å². The minimum Gasteiger partial charge on any atom is -0.492 e. The van der Waals surface area contributed by atoms with Crippen LogP contribution in [0.1, 0.15) is 5.56 Å². The second-order valence-electron chi connectivity index (χ2n) is 3.76. The van der Waals surface area contributed by atoms with Crippen LogP contribution in [-0.4, -0.2) is 24.5 Å². The molecule has 0 aliphatic rings. The average molecular weight is 255 g/mol. The lowest BCUT2D eigenvalue weighted by Crippen LogP contribution is -1.95. The van der Waals surface area contributed by atoms with Crippen LogP contribution in [0.2, 0.25) is 0 Å². The summed E-state index contributed by atoms with van der Waals surface area (Å²) in [6, 6.07) is 4.57. The van der Waals surface area contributed by atoms with Gasteiger partial charge in [0.1, 0.15) is 28.8 Å². The van der Waals surface area contributed by atoms with Gasteiger partial charge in [-0.05, 0) is 12.1 Å². The molecule has 7 heteroatoms. The molecule has 0 atom stereocenters. The topological polar surface area (TPSA) is 87.1 Å². The van der Waals surface area contributed by atoms with E-state index in [-0.39, 0.29) is 11.4 Å². The number of pyridine rings is 1. The summed E-state index contributed by atoms with van der Waals surface area (Å²) in [6.07, 6.45) is 3.92. The highest BCUT2D eigenvalue weighted by molar-refractivity contribution is 5.58. The highest BCUT2D eigenvalue weighted by Gasteiger charge is 2.12. The van der Waals surface area contributed by atoms with Gasteiger partial charge in [-0.1, -0.05) is 0 Å². The van der Waals surface area contributed by atoms with E-state index in [0.29, 0.717) is 11.3 Å². The van der Waals surface area contributed by atoms with Crippen molar-refractivity contribution in [2.45, 2.75) is 0 Å². The third-order valence-corrected chi connectivity index (χ3v) is 2.59. The lowest BCUT2D eigenvalue weighted by Gasteiger charge is -2.01. The Morgan fingerprint density at radius 2 is 2.11 bits per heavy atom. The number of fused-ring (bicyclic) bond motifs is 1. The molecule has 0 unspecified atom stereocenters. The maximum Gasteiger partial charge on any atom is 0.232 e. The molecule has 0 radical (unpaired) electrons. The summed E-state index contributed by atoms with van der Waals surface area (Å²) in [5.41, 5.74) is 0.932. The first-order chi connectivity index (χ1) is 9.19. The van der Waals surface area contributed by atoms with E-state index < -0.39 is 11.7 Å². The van der Waals surface area contributed by atoms with Crippen molar-refractivity contribution in [3.63, 3.8) is 0 Å². The second kappa shape index (κ2) is 4.03. The zero-order valence-corrected chi connectivity index (χ0v) is 9.45. The summed E-state index contributed by atoms with van der Waals surface area (Å²) in [7, 11) is 0. The van der Waals surface area contributed by atoms with Crippen LogP contribution in [0.5, 0.6) is 5.88 Å². The summed E-state index contributed by atoms with van der Waals surface area (Å²) in [6.45, 7) is 0. The Bertz CT molecular complexity index is 821. The van der Waals surface area contributed by atoms with Crippen molar-refractivity contribution in [3.05, 3.63) is 42.1 Å². The van der Waals surface area contributed by atoms with Gasteiger partial charge in [0.25, 0.3) is 0 Å². The Hall–Kier alpha value is -3.01. The van der Waals surface area contributed by atoms with Gasteiger partial charge in [0.05, 0.1) is 12.4 Å². The molecule has 1 N–H and O–H groups in total. The normalized spacial score (nSPS) is 10.5. The van der Waals surface area contributed by atoms with Crippen molar-refractivity contribution in [1.29, 1.82) is 5.26 Å². The molecule has 92 valence electrons. The van der Waals surface area contributed by atoms with Gasteiger partial charge in [0.15, 0.2) is 5.82 Å². The molecule has 3 rings (SSSR count). The van der Waals surface area contributed by atoms with Crippen molar-refractivity contribution >= 4 is 5.65 Å². The number of aromatic hydroxyl groups is 1. The number of imidazole rings is 1. The quantitative estimate of drug-likeness (QED) is 0.712. The van der Waals surface area contributed by atoms with Crippen LogP contribution in [0, 0.1) is 17.1 Å². The van der Waals surface area contributed by atoms with E-state index in [1.54, 1.807) is 6.07 Å². The molecular formula is C12H6FN5O. The molecule has 0 aromatic carbocycles. The zero-order valence-electron chi connectivity index (χ0n) is 9.45. The predicted molar refractivity (Wildman–Crippen MR) is 62.6 cm³/mol. The SMILES string of the molecule is N#Cc1cnc(-c2cnc3ccc(F)cn23)nc1O. The molecule has 0 saturated carbocycles. The van der Waals surface area contributed by atoms with Crippen LogP contribution in [0.15, 0.2) is 30.7 Å². The van der Waals surface area contributed by atoms with Crippen LogP contribution in [0.3, 0.4) is 0 Å². The Labute approximate surface area is 106 Å². The van der Waals surface area contributed by atoms with E-state index in [9.17, 15) is 9.50 Å². The Morgan fingerprint density at radius 3 is 2.84 bits per heavy atom. The molecule has 19 heavy (non-hydrogen) atoms. The molecule has 3 aromatic rings. The molecule has 0 amide bonds. The molecule has 0 spiro atoms. The standard InChI is InChI=1S/C12H6FN5O/c13-8-1-2-10-15-5-9(18(10)6-8)11-16-4-7(3-14)12(19)17-11/h1-2,4-6H,(H,16,17,19). The van der Waals surface area contributed by atoms with E-state index in [1.807, 2.05) is 0 Å². The number of halogens is 1. The van der Waals surface area contributed by atoms with Gasteiger partial charge in [-0.3, -0.25) is 4.40 Å². The first kappa shape index (κ1) is 11.1. The number of nitriles is 1. The first-order valence-corrected chi connectivity index (χ1v) is 5.28. The summed E-state index contributed by atoms with van der Waals surface area (Å²) in [5, 5.41) is 18.2. The van der Waals surface area contributed by atoms with Crippen molar-refractivity contribution in [3.8, 4) is 23.5 Å². The zero-order chi connectivity index (χ0) is 13.4. The van der Waals surface area contributed by atoms with Crippen molar-refractivity contribution < 1.29 is 9.50 Å². The van der Waals surface area contributed by atoms with Crippen molar-refractivity contribution in [2.24, 2.45) is 0 Å². The van der Waals surface area contributed by atoms with Gasteiger partial charge in [0, 0.05) is 6.20 Å². The third kappa shape index (κ3) is 1.75. The van der Waals surface area contributed by atoms with E-state index >= 15 is 0 Å². The predicted octanol–water partition coefficient (Wildman–Crippen LogP) is 1.51. The molecule has 6 nitrogen and oxygen atoms in total. The third-order valence-electron chi connectivity index (χ3n) is 2.59. The van der Waals surface area contributed by atoms with E-state index in [1.165, 1.54) is 35.1 Å². The number of nitrogens with zero attached hydrogens (tertiary/aromatic N) is 5. The van der Waals surface area contributed by atoms with Crippen LogP contribution >= 0.6 is 0 Å².